The van der Waals surface area contributed by atoms with Crippen LogP contribution in [0.2, 0.25) is 0 Å². The summed E-state index contributed by atoms with van der Waals surface area (Å²) in [5, 5.41) is 18.1. The van der Waals surface area contributed by atoms with Gasteiger partial charge in [0.25, 0.3) is 0 Å². The Kier molecular flexibility index (Phi) is 4.18. The Bertz CT molecular complexity index is 1050. The maximum absolute atomic E-state index is 12.0. The Morgan fingerprint density at radius 2 is 2.24 bits per heavy atom. The van der Waals surface area contributed by atoms with Crippen molar-refractivity contribution in [1.82, 2.24) is 30.3 Å². The van der Waals surface area contributed by atoms with Crippen LogP contribution in [0.3, 0.4) is 0 Å². The van der Waals surface area contributed by atoms with Crippen molar-refractivity contribution in [2.45, 2.75) is 56.6 Å². The second kappa shape index (κ2) is 6.75. The van der Waals surface area contributed by atoms with E-state index in [-0.39, 0.29) is 17.7 Å². The number of pyridine rings is 1. The highest BCUT2D eigenvalue weighted by Gasteiger charge is 2.40. The number of amides is 1. The van der Waals surface area contributed by atoms with Crippen molar-refractivity contribution in [2.24, 2.45) is 7.05 Å². The van der Waals surface area contributed by atoms with Crippen LogP contribution < -0.4 is 10.6 Å². The van der Waals surface area contributed by atoms with Gasteiger partial charge in [0, 0.05) is 36.5 Å². The van der Waals surface area contributed by atoms with Gasteiger partial charge in [-0.1, -0.05) is 0 Å². The number of anilines is 2. The van der Waals surface area contributed by atoms with Gasteiger partial charge in [0.1, 0.15) is 17.1 Å². The van der Waals surface area contributed by atoms with Crippen LogP contribution in [-0.4, -0.2) is 42.7 Å². The first kappa shape index (κ1) is 18.0. The largest absolute Gasteiger partial charge is 0.446 e. The third kappa shape index (κ3) is 3.64. The van der Waals surface area contributed by atoms with E-state index in [2.05, 4.69) is 30.9 Å². The number of H-pyrrole nitrogens is 1. The Labute approximate surface area is 168 Å². The molecule has 29 heavy (non-hydrogen) atoms. The Morgan fingerprint density at radius 1 is 1.38 bits per heavy atom. The molecule has 9 heteroatoms. The topological polar surface area (TPSA) is 110 Å². The molecule has 2 aliphatic carbocycles. The van der Waals surface area contributed by atoms with E-state index >= 15 is 0 Å². The van der Waals surface area contributed by atoms with Crippen molar-refractivity contribution < 1.29 is 9.53 Å². The third-order valence-electron chi connectivity index (χ3n) is 5.99. The number of carbonyl (C=O) groups is 1. The summed E-state index contributed by atoms with van der Waals surface area (Å²) in [7, 11) is 1.89. The molecule has 3 aromatic rings. The molecule has 2 aliphatic rings. The number of fused-ring (bicyclic) bond motifs is 1. The number of hydrogen-bond acceptors (Lipinski definition) is 6. The van der Waals surface area contributed by atoms with E-state index in [0.717, 1.165) is 60.3 Å². The maximum Gasteiger partial charge on any atom is 0.407 e. The van der Waals surface area contributed by atoms with E-state index in [1.165, 1.54) is 0 Å². The van der Waals surface area contributed by atoms with Gasteiger partial charge in [0.15, 0.2) is 5.82 Å². The number of aryl methyl sites for hydroxylation is 1. The molecule has 0 saturated heterocycles. The van der Waals surface area contributed by atoms with Gasteiger partial charge >= 0.3 is 6.09 Å². The van der Waals surface area contributed by atoms with Gasteiger partial charge in [0.2, 0.25) is 0 Å². The molecule has 2 saturated carbocycles. The quantitative estimate of drug-likeness (QED) is 0.611. The van der Waals surface area contributed by atoms with Gasteiger partial charge < -0.3 is 15.4 Å². The van der Waals surface area contributed by atoms with Gasteiger partial charge in [-0.2, -0.15) is 10.2 Å². The summed E-state index contributed by atoms with van der Waals surface area (Å²) in [5.74, 6) is 1.05. The number of nitrogens with one attached hydrogen (secondary N) is 3. The number of alkyl carbamates (subject to hydrolysis) is 1. The fourth-order valence-corrected chi connectivity index (χ4v) is 4.02. The first-order valence-electron chi connectivity index (χ1n) is 10.1. The molecule has 2 atom stereocenters. The molecular weight excluding hydrogens is 370 g/mol. The van der Waals surface area contributed by atoms with Crippen LogP contribution in [0.1, 0.15) is 50.6 Å². The fourth-order valence-electron chi connectivity index (χ4n) is 4.02. The highest BCUT2D eigenvalue weighted by atomic mass is 16.6. The standard InChI is InChI=1S/C20H25N7O2/c1-20(6-7-20)24-19(28)29-13-4-3-12(9-13)15-10-17(26-25-15)23-14-5-8-21-16-11-22-27(2)18(14)16/h5,8,10-13H,3-4,6-7,9H2,1-2H3,(H,24,28)(H2,21,23,25,26). The first-order valence-corrected chi connectivity index (χ1v) is 10.1. The second-order valence-corrected chi connectivity index (χ2v) is 8.42. The molecule has 1 amide bonds. The molecule has 0 bridgehead atoms. The van der Waals surface area contributed by atoms with E-state index in [9.17, 15) is 4.79 Å². The SMILES string of the molecule is Cn1ncc2nccc(Nc3cc(C4CCC(OC(=O)NC5(C)CC5)C4)[nH]n3)c21. The first-order chi connectivity index (χ1) is 14.0. The molecule has 3 heterocycles. The molecule has 2 unspecified atom stereocenters. The minimum absolute atomic E-state index is 0.0451. The van der Waals surface area contributed by atoms with E-state index < -0.39 is 0 Å². The highest BCUT2D eigenvalue weighted by molar-refractivity contribution is 5.89. The van der Waals surface area contributed by atoms with Gasteiger partial charge in [-0.15, -0.1) is 0 Å². The summed E-state index contributed by atoms with van der Waals surface area (Å²) >= 11 is 0. The molecule has 2 fully saturated rings. The molecule has 3 aromatic heterocycles. The van der Waals surface area contributed by atoms with Crippen molar-refractivity contribution in [3.63, 3.8) is 0 Å². The van der Waals surface area contributed by atoms with Crippen molar-refractivity contribution in [1.29, 1.82) is 0 Å². The van der Waals surface area contributed by atoms with Crippen molar-refractivity contribution in [3.8, 4) is 0 Å². The number of nitrogens with zero attached hydrogens (tertiary/aromatic N) is 4. The van der Waals surface area contributed by atoms with Crippen molar-refractivity contribution in [3.05, 3.63) is 30.2 Å². The van der Waals surface area contributed by atoms with Crippen LogP contribution in [-0.2, 0) is 11.8 Å². The van der Waals surface area contributed by atoms with Crippen molar-refractivity contribution in [2.75, 3.05) is 5.32 Å². The van der Waals surface area contributed by atoms with Crippen LogP contribution in [0, 0.1) is 0 Å². The maximum atomic E-state index is 12.0. The van der Waals surface area contributed by atoms with E-state index in [1.807, 2.05) is 26.1 Å². The normalized spacial score (nSPS) is 22.6. The average molecular weight is 395 g/mol. The number of aromatic amines is 1. The molecule has 0 aromatic carbocycles. The Hall–Kier alpha value is -3.10. The molecular formula is C20H25N7O2. The lowest BCUT2D eigenvalue weighted by molar-refractivity contribution is 0.0967. The summed E-state index contributed by atoms with van der Waals surface area (Å²) in [6.07, 6.45) is 7.88. The van der Waals surface area contributed by atoms with Crippen LogP contribution in [0.15, 0.2) is 24.5 Å². The fraction of sp³-hybridized carbons (Fsp3) is 0.500. The number of carbonyl (C=O) groups excluding carboxylic acids is 1. The molecule has 3 N–H and O–H groups in total. The highest BCUT2D eigenvalue weighted by Crippen LogP contribution is 2.37. The lowest BCUT2D eigenvalue weighted by Gasteiger charge is -2.16. The van der Waals surface area contributed by atoms with Crippen LogP contribution >= 0.6 is 0 Å². The number of rotatable bonds is 5. The smallest absolute Gasteiger partial charge is 0.407 e. The van der Waals surface area contributed by atoms with Gasteiger partial charge in [-0.25, -0.2) is 4.79 Å². The number of aromatic nitrogens is 5. The lowest BCUT2D eigenvalue weighted by Crippen LogP contribution is -2.36. The van der Waals surface area contributed by atoms with Crippen LogP contribution in [0.25, 0.3) is 11.0 Å². The third-order valence-corrected chi connectivity index (χ3v) is 5.99. The van der Waals surface area contributed by atoms with E-state index in [4.69, 9.17) is 4.74 Å². The summed E-state index contributed by atoms with van der Waals surface area (Å²) in [4.78, 5) is 16.4. The summed E-state index contributed by atoms with van der Waals surface area (Å²) in [5.41, 5.74) is 3.68. The molecule has 0 spiro atoms. The molecule has 0 aliphatic heterocycles. The minimum atomic E-state index is -0.291. The number of ether oxygens (including phenoxy) is 1. The zero-order valence-corrected chi connectivity index (χ0v) is 16.6. The zero-order valence-electron chi connectivity index (χ0n) is 16.6. The van der Waals surface area contributed by atoms with Crippen molar-refractivity contribution >= 4 is 28.6 Å². The van der Waals surface area contributed by atoms with Crippen LogP contribution in [0.4, 0.5) is 16.3 Å². The van der Waals surface area contributed by atoms with Crippen LogP contribution in [0.5, 0.6) is 0 Å². The summed E-state index contributed by atoms with van der Waals surface area (Å²) in [6.45, 7) is 2.05. The summed E-state index contributed by atoms with van der Waals surface area (Å²) in [6, 6.07) is 3.94. The predicted octanol–water partition coefficient (Wildman–Crippen LogP) is 3.35. The molecule has 0 radical (unpaired) electrons. The van der Waals surface area contributed by atoms with E-state index in [1.54, 1.807) is 17.1 Å². The monoisotopic (exact) mass is 395 g/mol. The second-order valence-electron chi connectivity index (χ2n) is 8.42. The van der Waals surface area contributed by atoms with Gasteiger partial charge in [-0.05, 0) is 45.1 Å². The van der Waals surface area contributed by atoms with Gasteiger partial charge in [0.05, 0.1) is 11.9 Å². The summed E-state index contributed by atoms with van der Waals surface area (Å²) < 4.78 is 7.41. The zero-order chi connectivity index (χ0) is 20.0. The molecule has 152 valence electrons. The Balaban J connectivity index is 1.22. The Morgan fingerprint density at radius 3 is 3.07 bits per heavy atom. The van der Waals surface area contributed by atoms with E-state index in [0.29, 0.717) is 5.92 Å². The average Bonchev–Trinajstić information content (AvgIpc) is 3.10. The minimum Gasteiger partial charge on any atom is -0.446 e. The molecule has 9 nitrogen and oxygen atoms in total. The predicted molar refractivity (Wildman–Crippen MR) is 108 cm³/mol. The lowest BCUT2D eigenvalue weighted by atomic mass is 10.0. The number of hydrogen-bond donors (Lipinski definition) is 3. The van der Waals surface area contributed by atoms with Gasteiger partial charge in [-0.3, -0.25) is 14.8 Å². The molecule has 5 rings (SSSR count).